The van der Waals surface area contributed by atoms with Gasteiger partial charge in [0.15, 0.2) is 0 Å². The van der Waals surface area contributed by atoms with Gasteiger partial charge in [0.1, 0.15) is 0 Å². The summed E-state index contributed by atoms with van der Waals surface area (Å²) in [7, 11) is 1.40. The largest absolute Gasteiger partial charge is 0.468 e. The SMILES string of the molecule is COC(=O)C(C)(C)c1cccc(CCCO)c1. The first-order valence-electron chi connectivity index (χ1n) is 5.81. The summed E-state index contributed by atoms with van der Waals surface area (Å²) in [4.78, 5) is 11.7. The van der Waals surface area contributed by atoms with Crippen LogP contribution >= 0.6 is 0 Å². The molecule has 0 heterocycles. The van der Waals surface area contributed by atoms with Crippen LogP contribution in [0.3, 0.4) is 0 Å². The molecule has 1 aromatic rings. The number of aliphatic hydroxyl groups excluding tert-OH is 1. The summed E-state index contributed by atoms with van der Waals surface area (Å²) in [6.45, 7) is 3.89. The molecule has 17 heavy (non-hydrogen) atoms. The summed E-state index contributed by atoms with van der Waals surface area (Å²) in [5.74, 6) is -0.239. The second kappa shape index (κ2) is 5.82. The highest BCUT2D eigenvalue weighted by Gasteiger charge is 2.30. The molecule has 0 saturated heterocycles. The van der Waals surface area contributed by atoms with Gasteiger partial charge in [-0.15, -0.1) is 0 Å². The maximum Gasteiger partial charge on any atom is 0.315 e. The maximum atomic E-state index is 11.7. The number of ether oxygens (including phenoxy) is 1. The van der Waals surface area contributed by atoms with Crippen molar-refractivity contribution in [2.75, 3.05) is 13.7 Å². The smallest absolute Gasteiger partial charge is 0.315 e. The van der Waals surface area contributed by atoms with Crippen molar-refractivity contribution in [2.24, 2.45) is 0 Å². The molecule has 0 spiro atoms. The molecule has 3 heteroatoms. The molecular weight excluding hydrogens is 216 g/mol. The third-order valence-electron chi connectivity index (χ3n) is 2.97. The molecule has 0 aromatic heterocycles. The number of rotatable bonds is 5. The Morgan fingerprint density at radius 2 is 2.12 bits per heavy atom. The molecule has 0 aliphatic heterocycles. The minimum atomic E-state index is -0.635. The summed E-state index contributed by atoms with van der Waals surface area (Å²) >= 11 is 0. The predicted octanol–water partition coefficient (Wildman–Crippen LogP) is 2.06. The van der Waals surface area contributed by atoms with Crippen LogP contribution in [0.4, 0.5) is 0 Å². The van der Waals surface area contributed by atoms with E-state index in [0.717, 1.165) is 24.0 Å². The van der Waals surface area contributed by atoms with Gasteiger partial charge in [0.05, 0.1) is 12.5 Å². The van der Waals surface area contributed by atoms with Crippen molar-refractivity contribution < 1.29 is 14.6 Å². The second-order valence-electron chi connectivity index (χ2n) is 4.64. The molecule has 0 amide bonds. The molecule has 94 valence electrons. The van der Waals surface area contributed by atoms with E-state index in [0.29, 0.717) is 0 Å². The molecule has 0 bridgehead atoms. The monoisotopic (exact) mass is 236 g/mol. The Bertz CT molecular complexity index is 383. The maximum absolute atomic E-state index is 11.7. The van der Waals surface area contributed by atoms with Crippen LogP contribution in [0.2, 0.25) is 0 Å². The zero-order valence-corrected chi connectivity index (χ0v) is 10.7. The molecule has 1 N–H and O–H groups in total. The highest BCUT2D eigenvalue weighted by molar-refractivity contribution is 5.82. The van der Waals surface area contributed by atoms with E-state index in [-0.39, 0.29) is 12.6 Å². The number of carbonyl (C=O) groups excluding carboxylic acids is 1. The van der Waals surface area contributed by atoms with Crippen molar-refractivity contribution in [3.8, 4) is 0 Å². The van der Waals surface area contributed by atoms with Gasteiger partial charge in [-0.3, -0.25) is 4.79 Å². The lowest BCUT2D eigenvalue weighted by Gasteiger charge is -2.22. The van der Waals surface area contributed by atoms with Crippen LogP contribution in [0.5, 0.6) is 0 Å². The third kappa shape index (κ3) is 3.30. The van der Waals surface area contributed by atoms with Gasteiger partial charge < -0.3 is 9.84 Å². The Morgan fingerprint density at radius 1 is 1.41 bits per heavy atom. The average Bonchev–Trinajstić information content (AvgIpc) is 2.35. The second-order valence-corrected chi connectivity index (χ2v) is 4.64. The lowest BCUT2D eigenvalue weighted by Crippen LogP contribution is -2.30. The normalized spacial score (nSPS) is 11.3. The number of esters is 1. The van der Waals surface area contributed by atoms with Gasteiger partial charge in [-0.1, -0.05) is 24.3 Å². The molecule has 0 saturated carbocycles. The van der Waals surface area contributed by atoms with Crippen LogP contribution in [-0.4, -0.2) is 24.8 Å². The van der Waals surface area contributed by atoms with Gasteiger partial charge >= 0.3 is 5.97 Å². The van der Waals surface area contributed by atoms with E-state index in [2.05, 4.69) is 0 Å². The lowest BCUT2D eigenvalue weighted by atomic mass is 9.83. The molecule has 0 aliphatic carbocycles. The number of hydrogen-bond donors (Lipinski definition) is 1. The van der Waals surface area contributed by atoms with Crippen molar-refractivity contribution in [1.82, 2.24) is 0 Å². The summed E-state index contributed by atoms with van der Waals surface area (Å²) < 4.78 is 4.81. The standard InChI is InChI=1S/C14H20O3/c1-14(2,13(16)17-3)12-8-4-6-11(10-12)7-5-9-15/h4,6,8,10,15H,5,7,9H2,1-3H3. The van der Waals surface area contributed by atoms with E-state index in [9.17, 15) is 4.79 Å². The van der Waals surface area contributed by atoms with Gasteiger partial charge in [-0.05, 0) is 37.8 Å². The number of benzene rings is 1. The molecule has 0 fully saturated rings. The van der Waals surface area contributed by atoms with Crippen molar-refractivity contribution in [1.29, 1.82) is 0 Å². The molecule has 0 radical (unpaired) electrons. The van der Waals surface area contributed by atoms with E-state index in [1.807, 2.05) is 38.1 Å². The topological polar surface area (TPSA) is 46.5 Å². The van der Waals surface area contributed by atoms with Gasteiger partial charge in [-0.2, -0.15) is 0 Å². The molecule has 0 aliphatic rings. The zero-order chi connectivity index (χ0) is 12.9. The fourth-order valence-electron chi connectivity index (χ4n) is 1.77. The van der Waals surface area contributed by atoms with Crippen molar-refractivity contribution in [3.63, 3.8) is 0 Å². The molecule has 0 atom stereocenters. The number of aryl methyl sites for hydroxylation is 1. The van der Waals surface area contributed by atoms with Crippen molar-refractivity contribution >= 4 is 5.97 Å². The number of carbonyl (C=O) groups is 1. The van der Waals surface area contributed by atoms with E-state index in [1.54, 1.807) is 0 Å². The highest BCUT2D eigenvalue weighted by Crippen LogP contribution is 2.25. The van der Waals surface area contributed by atoms with E-state index in [4.69, 9.17) is 9.84 Å². The summed E-state index contributed by atoms with van der Waals surface area (Å²) in [5.41, 5.74) is 1.44. The quantitative estimate of drug-likeness (QED) is 0.796. The zero-order valence-electron chi connectivity index (χ0n) is 10.7. The summed E-state index contributed by atoms with van der Waals surface area (Å²) in [5, 5.41) is 8.81. The van der Waals surface area contributed by atoms with Gasteiger partial charge in [0.2, 0.25) is 0 Å². The molecule has 1 rings (SSSR count). The minimum Gasteiger partial charge on any atom is -0.468 e. The van der Waals surface area contributed by atoms with Crippen molar-refractivity contribution in [2.45, 2.75) is 32.1 Å². The number of aliphatic hydroxyl groups is 1. The van der Waals surface area contributed by atoms with Crippen LogP contribution in [-0.2, 0) is 21.4 Å². The van der Waals surface area contributed by atoms with Crippen LogP contribution < -0.4 is 0 Å². The predicted molar refractivity (Wildman–Crippen MR) is 66.9 cm³/mol. The van der Waals surface area contributed by atoms with Gasteiger partial charge in [0, 0.05) is 6.61 Å². The van der Waals surface area contributed by atoms with E-state index < -0.39 is 5.41 Å². The first-order valence-corrected chi connectivity index (χ1v) is 5.81. The Kier molecular flexibility index (Phi) is 4.70. The Balaban J connectivity index is 2.94. The summed E-state index contributed by atoms with van der Waals surface area (Å²) in [6.07, 6.45) is 1.56. The third-order valence-corrected chi connectivity index (χ3v) is 2.97. The molecule has 0 unspecified atom stereocenters. The number of methoxy groups -OCH3 is 1. The van der Waals surface area contributed by atoms with E-state index in [1.165, 1.54) is 7.11 Å². The lowest BCUT2D eigenvalue weighted by molar-refractivity contribution is -0.146. The molecular formula is C14H20O3. The minimum absolute atomic E-state index is 0.185. The average molecular weight is 236 g/mol. The van der Waals surface area contributed by atoms with E-state index >= 15 is 0 Å². The highest BCUT2D eigenvalue weighted by atomic mass is 16.5. The summed E-state index contributed by atoms with van der Waals surface area (Å²) in [6, 6.07) is 7.88. The first-order chi connectivity index (χ1) is 8.02. The van der Waals surface area contributed by atoms with Crippen LogP contribution in [0.1, 0.15) is 31.4 Å². The van der Waals surface area contributed by atoms with Crippen LogP contribution in [0.15, 0.2) is 24.3 Å². The Labute approximate surface area is 102 Å². The fourth-order valence-corrected chi connectivity index (χ4v) is 1.77. The fraction of sp³-hybridized carbons (Fsp3) is 0.500. The van der Waals surface area contributed by atoms with Crippen LogP contribution in [0.25, 0.3) is 0 Å². The number of hydrogen-bond acceptors (Lipinski definition) is 3. The van der Waals surface area contributed by atoms with Gasteiger partial charge in [0.25, 0.3) is 0 Å². The Morgan fingerprint density at radius 3 is 2.71 bits per heavy atom. The molecule has 3 nitrogen and oxygen atoms in total. The van der Waals surface area contributed by atoms with Crippen LogP contribution in [0, 0.1) is 0 Å². The van der Waals surface area contributed by atoms with Crippen molar-refractivity contribution in [3.05, 3.63) is 35.4 Å². The molecule has 1 aromatic carbocycles. The van der Waals surface area contributed by atoms with Gasteiger partial charge in [-0.25, -0.2) is 0 Å². The Hall–Kier alpha value is -1.35. The first kappa shape index (κ1) is 13.7.